The van der Waals surface area contributed by atoms with Crippen LogP contribution in [-0.4, -0.2) is 29.5 Å². The van der Waals surface area contributed by atoms with Crippen LogP contribution in [0, 0.1) is 11.3 Å². The Hall–Kier alpha value is -2.28. The smallest absolute Gasteiger partial charge is 0.264 e. The van der Waals surface area contributed by atoms with E-state index in [-0.39, 0.29) is 17.2 Å². The van der Waals surface area contributed by atoms with Gasteiger partial charge in [-0.1, -0.05) is 25.5 Å². The van der Waals surface area contributed by atoms with E-state index in [0.717, 1.165) is 12.8 Å². The molecule has 0 heterocycles. The van der Waals surface area contributed by atoms with E-state index >= 15 is 0 Å². The molecule has 0 unspecified atom stereocenters. The predicted octanol–water partition coefficient (Wildman–Crippen LogP) is 2.56. The zero-order chi connectivity index (χ0) is 14.3. The maximum Gasteiger partial charge on any atom is 0.264 e. The number of benzene rings is 1. The van der Waals surface area contributed by atoms with Gasteiger partial charge in [-0.25, -0.2) is 0 Å². The molecule has 0 aromatic heterocycles. The van der Waals surface area contributed by atoms with E-state index in [1.165, 1.54) is 12.1 Å². The summed E-state index contributed by atoms with van der Waals surface area (Å²) in [5.74, 6) is -0.183. The predicted molar refractivity (Wildman–Crippen MR) is 74.2 cm³/mol. The van der Waals surface area contributed by atoms with Crippen molar-refractivity contribution in [3.63, 3.8) is 0 Å². The van der Waals surface area contributed by atoms with Gasteiger partial charge in [0.1, 0.15) is 17.4 Å². The highest BCUT2D eigenvalue weighted by molar-refractivity contribution is 6.01. The zero-order valence-corrected chi connectivity index (χ0v) is 11.3. The molecule has 1 rings (SSSR count). The number of hydrogen-bond acceptors (Lipinski definition) is 3. The largest absolute Gasteiger partial charge is 0.508 e. The molecule has 0 atom stereocenters. The van der Waals surface area contributed by atoms with Crippen LogP contribution in [0.3, 0.4) is 0 Å². The maximum absolute atomic E-state index is 12.0. The molecule has 100 valence electrons. The summed E-state index contributed by atoms with van der Waals surface area (Å²) in [6, 6.07) is 8.37. The zero-order valence-electron chi connectivity index (χ0n) is 11.3. The van der Waals surface area contributed by atoms with Gasteiger partial charge in [-0.2, -0.15) is 5.26 Å². The Balaban J connectivity index is 2.88. The minimum Gasteiger partial charge on any atom is -0.508 e. The highest BCUT2D eigenvalue weighted by Crippen LogP contribution is 2.14. The number of phenols is 1. The van der Waals surface area contributed by atoms with Crippen molar-refractivity contribution in [2.24, 2.45) is 0 Å². The van der Waals surface area contributed by atoms with Crippen molar-refractivity contribution < 1.29 is 9.90 Å². The number of carbonyl (C=O) groups is 1. The number of carbonyl (C=O) groups excluding carboxylic acids is 1. The van der Waals surface area contributed by atoms with Crippen LogP contribution in [0.5, 0.6) is 5.75 Å². The van der Waals surface area contributed by atoms with Gasteiger partial charge >= 0.3 is 0 Å². The summed E-state index contributed by atoms with van der Waals surface area (Å²) in [5, 5.41) is 18.4. The monoisotopic (exact) mass is 258 g/mol. The van der Waals surface area contributed by atoms with Crippen LogP contribution in [0.4, 0.5) is 0 Å². The van der Waals surface area contributed by atoms with E-state index in [1.54, 1.807) is 30.1 Å². The number of rotatable bonds is 5. The number of hydrogen-bond donors (Lipinski definition) is 1. The van der Waals surface area contributed by atoms with Crippen molar-refractivity contribution in [2.45, 2.75) is 19.8 Å². The number of unbranched alkanes of at least 4 members (excludes halogenated alkanes) is 1. The quantitative estimate of drug-likeness (QED) is 0.652. The van der Waals surface area contributed by atoms with Crippen molar-refractivity contribution in [2.75, 3.05) is 13.6 Å². The van der Waals surface area contributed by atoms with Crippen LogP contribution in [0.15, 0.2) is 29.8 Å². The highest BCUT2D eigenvalue weighted by atomic mass is 16.3. The molecule has 4 nitrogen and oxygen atoms in total. The summed E-state index contributed by atoms with van der Waals surface area (Å²) in [4.78, 5) is 13.6. The molecule has 0 aliphatic heterocycles. The fraction of sp³-hybridized carbons (Fsp3) is 0.333. The molecule has 0 spiro atoms. The molecule has 1 N–H and O–H groups in total. The summed E-state index contributed by atoms with van der Waals surface area (Å²) in [7, 11) is 1.69. The number of phenolic OH excluding ortho intramolecular Hbond substituents is 1. The van der Waals surface area contributed by atoms with Crippen molar-refractivity contribution in [1.29, 1.82) is 5.26 Å². The first-order valence-corrected chi connectivity index (χ1v) is 6.24. The van der Waals surface area contributed by atoms with Gasteiger partial charge in [0, 0.05) is 13.6 Å². The fourth-order valence-electron chi connectivity index (χ4n) is 1.63. The molecule has 4 heteroatoms. The van der Waals surface area contributed by atoms with Gasteiger partial charge < -0.3 is 10.0 Å². The third kappa shape index (κ3) is 4.47. The van der Waals surface area contributed by atoms with Gasteiger partial charge in [0.2, 0.25) is 0 Å². The minimum absolute atomic E-state index is 0.0733. The van der Waals surface area contributed by atoms with Crippen LogP contribution in [0.25, 0.3) is 6.08 Å². The van der Waals surface area contributed by atoms with E-state index in [9.17, 15) is 9.90 Å². The first-order valence-electron chi connectivity index (χ1n) is 6.24. The van der Waals surface area contributed by atoms with Gasteiger partial charge in [-0.3, -0.25) is 4.79 Å². The van der Waals surface area contributed by atoms with Crippen LogP contribution in [0.2, 0.25) is 0 Å². The molecule has 0 fully saturated rings. The van der Waals surface area contributed by atoms with E-state index in [4.69, 9.17) is 5.26 Å². The second-order valence-electron chi connectivity index (χ2n) is 4.35. The lowest BCUT2D eigenvalue weighted by Gasteiger charge is -2.15. The molecule has 1 aromatic rings. The SMILES string of the molecule is CCCCN(C)C(=O)/C(C#N)=C/c1cccc(O)c1. The van der Waals surface area contributed by atoms with Gasteiger partial charge in [-0.05, 0) is 30.2 Å². The third-order valence-corrected chi connectivity index (χ3v) is 2.73. The van der Waals surface area contributed by atoms with Crippen LogP contribution in [0.1, 0.15) is 25.3 Å². The Bertz CT molecular complexity index is 515. The summed E-state index contributed by atoms with van der Waals surface area (Å²) in [6.45, 7) is 2.68. The molecule has 0 saturated carbocycles. The first-order chi connectivity index (χ1) is 9.08. The molecule has 0 radical (unpaired) electrons. The van der Waals surface area contributed by atoms with Gasteiger partial charge in [0.05, 0.1) is 0 Å². The lowest BCUT2D eigenvalue weighted by Crippen LogP contribution is -2.28. The third-order valence-electron chi connectivity index (χ3n) is 2.73. The van der Waals surface area contributed by atoms with E-state index in [0.29, 0.717) is 12.1 Å². The van der Waals surface area contributed by atoms with Crippen molar-refractivity contribution in [1.82, 2.24) is 4.90 Å². The van der Waals surface area contributed by atoms with Crippen LogP contribution >= 0.6 is 0 Å². The Morgan fingerprint density at radius 1 is 1.53 bits per heavy atom. The second kappa shape index (κ2) is 7.22. The summed E-state index contributed by atoms with van der Waals surface area (Å²) in [5.41, 5.74) is 0.706. The molecular formula is C15H18N2O2. The molecular weight excluding hydrogens is 240 g/mol. The molecule has 0 saturated heterocycles. The van der Waals surface area contributed by atoms with Crippen LogP contribution < -0.4 is 0 Å². The number of nitriles is 1. The molecule has 1 amide bonds. The minimum atomic E-state index is -0.292. The number of aromatic hydroxyl groups is 1. The second-order valence-corrected chi connectivity index (χ2v) is 4.35. The molecule has 0 aliphatic rings. The van der Waals surface area contributed by atoms with Gasteiger partial charge in [0.15, 0.2) is 0 Å². The van der Waals surface area contributed by atoms with Crippen molar-refractivity contribution >= 4 is 12.0 Å². The average molecular weight is 258 g/mol. The Kier molecular flexibility index (Phi) is 5.62. The van der Waals surface area contributed by atoms with Crippen molar-refractivity contribution in [3.8, 4) is 11.8 Å². The number of amides is 1. The molecule has 1 aromatic carbocycles. The Morgan fingerprint density at radius 2 is 2.26 bits per heavy atom. The number of likely N-dealkylation sites (N-methyl/N-ethyl adjacent to an activating group) is 1. The fourth-order valence-corrected chi connectivity index (χ4v) is 1.63. The maximum atomic E-state index is 12.0. The lowest BCUT2D eigenvalue weighted by molar-refractivity contribution is -0.125. The molecule has 0 aliphatic carbocycles. The summed E-state index contributed by atoms with van der Waals surface area (Å²) < 4.78 is 0. The molecule has 19 heavy (non-hydrogen) atoms. The number of nitrogens with zero attached hydrogens (tertiary/aromatic N) is 2. The standard InChI is InChI=1S/C15H18N2O2/c1-3-4-8-17(2)15(19)13(11-16)9-12-6-5-7-14(18)10-12/h5-7,9-10,18H,3-4,8H2,1-2H3/b13-9+. The van der Waals surface area contributed by atoms with Crippen molar-refractivity contribution in [3.05, 3.63) is 35.4 Å². The highest BCUT2D eigenvalue weighted by Gasteiger charge is 2.13. The van der Waals surface area contributed by atoms with Crippen LogP contribution in [-0.2, 0) is 4.79 Å². The topological polar surface area (TPSA) is 64.3 Å². The molecule has 0 bridgehead atoms. The normalized spacial score (nSPS) is 10.9. The summed E-state index contributed by atoms with van der Waals surface area (Å²) >= 11 is 0. The van der Waals surface area contributed by atoms with E-state index < -0.39 is 0 Å². The van der Waals surface area contributed by atoms with Gasteiger partial charge in [0.25, 0.3) is 5.91 Å². The Morgan fingerprint density at radius 3 is 2.84 bits per heavy atom. The average Bonchev–Trinajstić information content (AvgIpc) is 2.41. The lowest BCUT2D eigenvalue weighted by atomic mass is 10.1. The Labute approximate surface area is 113 Å². The summed E-state index contributed by atoms with van der Waals surface area (Å²) in [6.07, 6.45) is 3.40. The van der Waals surface area contributed by atoms with Gasteiger partial charge in [-0.15, -0.1) is 0 Å². The van der Waals surface area contributed by atoms with E-state index in [1.807, 2.05) is 13.0 Å². The van der Waals surface area contributed by atoms with E-state index in [2.05, 4.69) is 0 Å². The first kappa shape index (κ1) is 14.8.